The molecule has 0 unspecified atom stereocenters. The van der Waals surface area contributed by atoms with Crippen LogP contribution in [0.3, 0.4) is 0 Å². The van der Waals surface area contributed by atoms with E-state index in [1.165, 1.54) is 0 Å². The summed E-state index contributed by atoms with van der Waals surface area (Å²) in [6.07, 6.45) is 3.62. The summed E-state index contributed by atoms with van der Waals surface area (Å²) in [6, 6.07) is 23.2. The molecule has 0 fully saturated rings. The Bertz CT molecular complexity index is 1010. The molecule has 0 aliphatic carbocycles. The Morgan fingerprint density at radius 2 is 1.67 bits per heavy atom. The van der Waals surface area contributed by atoms with E-state index in [4.69, 9.17) is 0 Å². The van der Waals surface area contributed by atoms with E-state index in [0.29, 0.717) is 5.69 Å². The van der Waals surface area contributed by atoms with Crippen LogP contribution in [0.2, 0.25) is 0 Å². The minimum absolute atomic E-state index is 0.223. The van der Waals surface area contributed by atoms with Crippen molar-refractivity contribution in [2.24, 2.45) is 0 Å². The standard InChI is InChI=1S/C20H15N3O/c24-20(17-9-5-6-13-21-17)22-16-8-2-4-11-19(16)23-14-12-15-7-1-3-10-18(15)23/h1-14H,(H,22,24). The summed E-state index contributed by atoms with van der Waals surface area (Å²) in [7, 11) is 0. The van der Waals surface area contributed by atoms with E-state index in [-0.39, 0.29) is 5.91 Å². The molecular weight excluding hydrogens is 298 g/mol. The normalized spacial score (nSPS) is 10.7. The lowest BCUT2D eigenvalue weighted by atomic mass is 10.2. The van der Waals surface area contributed by atoms with Crippen molar-refractivity contribution in [3.8, 4) is 5.69 Å². The molecule has 116 valence electrons. The third-order valence-corrected chi connectivity index (χ3v) is 3.91. The minimum Gasteiger partial charge on any atom is -0.319 e. The molecule has 0 spiro atoms. The van der Waals surface area contributed by atoms with E-state index in [9.17, 15) is 4.79 Å². The topological polar surface area (TPSA) is 46.9 Å². The first-order valence-corrected chi connectivity index (χ1v) is 7.71. The van der Waals surface area contributed by atoms with Crippen molar-refractivity contribution in [1.82, 2.24) is 9.55 Å². The van der Waals surface area contributed by atoms with Crippen molar-refractivity contribution in [3.63, 3.8) is 0 Å². The van der Waals surface area contributed by atoms with E-state index in [1.807, 2.05) is 42.6 Å². The maximum atomic E-state index is 12.4. The predicted octanol–water partition coefficient (Wildman–Crippen LogP) is 4.28. The molecule has 24 heavy (non-hydrogen) atoms. The summed E-state index contributed by atoms with van der Waals surface area (Å²) in [5, 5.41) is 4.11. The van der Waals surface area contributed by atoms with Gasteiger partial charge in [0.1, 0.15) is 5.69 Å². The van der Waals surface area contributed by atoms with Crippen LogP contribution in [0.4, 0.5) is 5.69 Å². The molecule has 2 heterocycles. The van der Waals surface area contributed by atoms with Crippen LogP contribution in [0.1, 0.15) is 10.5 Å². The molecule has 0 saturated carbocycles. The summed E-state index contributed by atoms with van der Waals surface area (Å²) >= 11 is 0. The number of fused-ring (bicyclic) bond motifs is 1. The number of nitrogens with zero attached hydrogens (tertiary/aromatic N) is 2. The molecule has 0 atom stereocenters. The number of benzene rings is 2. The van der Waals surface area contributed by atoms with E-state index >= 15 is 0 Å². The number of aromatic nitrogens is 2. The van der Waals surface area contributed by atoms with Gasteiger partial charge in [-0.1, -0.05) is 36.4 Å². The SMILES string of the molecule is O=C(Nc1ccccc1-n1ccc2ccccc21)c1ccccn1. The summed E-state index contributed by atoms with van der Waals surface area (Å²) in [5.74, 6) is -0.223. The van der Waals surface area contributed by atoms with Crippen molar-refractivity contribution in [2.75, 3.05) is 5.32 Å². The average molecular weight is 313 g/mol. The van der Waals surface area contributed by atoms with Gasteiger partial charge in [0, 0.05) is 12.4 Å². The van der Waals surface area contributed by atoms with Gasteiger partial charge in [0.15, 0.2) is 0 Å². The second-order valence-electron chi connectivity index (χ2n) is 5.43. The number of rotatable bonds is 3. The van der Waals surface area contributed by atoms with Crippen molar-refractivity contribution in [3.05, 3.63) is 90.9 Å². The van der Waals surface area contributed by atoms with Crippen molar-refractivity contribution >= 4 is 22.5 Å². The van der Waals surface area contributed by atoms with Gasteiger partial charge in [-0.15, -0.1) is 0 Å². The zero-order valence-electron chi connectivity index (χ0n) is 12.9. The minimum atomic E-state index is -0.223. The molecule has 1 N–H and O–H groups in total. The Morgan fingerprint density at radius 3 is 2.54 bits per heavy atom. The van der Waals surface area contributed by atoms with Crippen molar-refractivity contribution < 1.29 is 4.79 Å². The predicted molar refractivity (Wildman–Crippen MR) is 95.5 cm³/mol. The van der Waals surface area contributed by atoms with Crippen LogP contribution in [-0.2, 0) is 0 Å². The Kier molecular flexibility index (Phi) is 3.56. The molecule has 4 aromatic rings. The van der Waals surface area contributed by atoms with Crippen molar-refractivity contribution in [1.29, 1.82) is 0 Å². The van der Waals surface area contributed by atoms with Crippen LogP contribution in [0.15, 0.2) is 85.2 Å². The van der Waals surface area contributed by atoms with Gasteiger partial charge >= 0.3 is 0 Å². The van der Waals surface area contributed by atoms with E-state index in [0.717, 1.165) is 22.3 Å². The maximum absolute atomic E-state index is 12.4. The van der Waals surface area contributed by atoms with Gasteiger partial charge in [-0.05, 0) is 41.8 Å². The Hall–Kier alpha value is -3.40. The lowest BCUT2D eigenvalue weighted by Gasteiger charge is -2.13. The Morgan fingerprint density at radius 1 is 0.875 bits per heavy atom. The molecule has 4 rings (SSSR count). The Balaban J connectivity index is 1.75. The molecule has 2 aromatic heterocycles. The van der Waals surface area contributed by atoms with E-state index in [2.05, 4.69) is 33.1 Å². The lowest BCUT2D eigenvalue weighted by Crippen LogP contribution is -2.14. The number of para-hydroxylation sites is 3. The van der Waals surface area contributed by atoms with E-state index < -0.39 is 0 Å². The van der Waals surface area contributed by atoms with Crippen LogP contribution >= 0.6 is 0 Å². The van der Waals surface area contributed by atoms with Gasteiger partial charge in [-0.25, -0.2) is 0 Å². The molecular formula is C20H15N3O. The van der Waals surface area contributed by atoms with Crippen LogP contribution < -0.4 is 5.32 Å². The first-order chi connectivity index (χ1) is 11.8. The van der Waals surface area contributed by atoms with Gasteiger partial charge < -0.3 is 9.88 Å². The highest BCUT2D eigenvalue weighted by molar-refractivity contribution is 6.04. The molecule has 4 heteroatoms. The lowest BCUT2D eigenvalue weighted by molar-refractivity contribution is 0.102. The summed E-state index contributed by atoms with van der Waals surface area (Å²) in [5.41, 5.74) is 3.15. The number of carbonyl (C=O) groups excluding carboxylic acids is 1. The number of amides is 1. The molecule has 0 bridgehead atoms. The number of pyridine rings is 1. The number of nitrogens with one attached hydrogen (secondary N) is 1. The molecule has 1 amide bonds. The molecule has 4 nitrogen and oxygen atoms in total. The number of hydrogen-bond acceptors (Lipinski definition) is 2. The highest BCUT2D eigenvalue weighted by Gasteiger charge is 2.11. The summed E-state index contributed by atoms with van der Waals surface area (Å²) < 4.78 is 2.07. The van der Waals surface area contributed by atoms with Crippen LogP contribution in [0, 0.1) is 0 Å². The summed E-state index contributed by atoms with van der Waals surface area (Å²) in [6.45, 7) is 0. The highest BCUT2D eigenvalue weighted by atomic mass is 16.1. The third kappa shape index (κ3) is 2.54. The molecule has 0 radical (unpaired) electrons. The smallest absolute Gasteiger partial charge is 0.274 e. The molecule has 0 saturated heterocycles. The number of anilines is 1. The van der Waals surface area contributed by atoms with Crippen LogP contribution in [0.5, 0.6) is 0 Å². The number of hydrogen-bond donors (Lipinski definition) is 1. The van der Waals surface area contributed by atoms with Gasteiger partial charge in [0.2, 0.25) is 0 Å². The second-order valence-corrected chi connectivity index (χ2v) is 5.43. The second kappa shape index (κ2) is 6.01. The monoisotopic (exact) mass is 313 g/mol. The first kappa shape index (κ1) is 14.2. The fourth-order valence-electron chi connectivity index (χ4n) is 2.77. The van der Waals surface area contributed by atoms with Crippen LogP contribution in [-0.4, -0.2) is 15.5 Å². The highest BCUT2D eigenvalue weighted by Crippen LogP contribution is 2.26. The number of carbonyl (C=O) groups is 1. The van der Waals surface area contributed by atoms with Gasteiger partial charge in [0.05, 0.1) is 16.9 Å². The third-order valence-electron chi connectivity index (χ3n) is 3.91. The fraction of sp³-hybridized carbons (Fsp3) is 0. The van der Waals surface area contributed by atoms with Gasteiger partial charge in [0.25, 0.3) is 5.91 Å². The fourth-order valence-corrected chi connectivity index (χ4v) is 2.77. The maximum Gasteiger partial charge on any atom is 0.274 e. The van der Waals surface area contributed by atoms with Gasteiger partial charge in [-0.3, -0.25) is 9.78 Å². The molecule has 0 aliphatic rings. The summed E-state index contributed by atoms with van der Waals surface area (Å²) in [4.78, 5) is 16.5. The zero-order valence-corrected chi connectivity index (χ0v) is 12.9. The van der Waals surface area contributed by atoms with Gasteiger partial charge in [-0.2, -0.15) is 0 Å². The first-order valence-electron chi connectivity index (χ1n) is 7.71. The zero-order chi connectivity index (χ0) is 16.4. The van der Waals surface area contributed by atoms with Crippen LogP contribution in [0.25, 0.3) is 16.6 Å². The van der Waals surface area contributed by atoms with Crippen molar-refractivity contribution in [2.45, 2.75) is 0 Å². The molecule has 0 aliphatic heterocycles. The molecule has 2 aromatic carbocycles. The average Bonchev–Trinajstić information content (AvgIpc) is 3.07. The largest absolute Gasteiger partial charge is 0.319 e. The quantitative estimate of drug-likeness (QED) is 0.614. The Labute approximate surface area is 139 Å². The van der Waals surface area contributed by atoms with E-state index in [1.54, 1.807) is 24.4 Å².